The van der Waals surface area contributed by atoms with Gasteiger partial charge in [0.1, 0.15) is 0 Å². The number of carbonyl (C=O) groups is 2. The van der Waals surface area contributed by atoms with Crippen LogP contribution in [-0.2, 0) is 9.53 Å². The van der Waals surface area contributed by atoms with Gasteiger partial charge < -0.3 is 4.74 Å². The van der Waals surface area contributed by atoms with Crippen LogP contribution in [-0.4, -0.2) is 29.9 Å². The van der Waals surface area contributed by atoms with Crippen molar-refractivity contribution in [2.45, 2.75) is 6.35 Å². The van der Waals surface area contributed by atoms with Gasteiger partial charge in [0, 0.05) is 0 Å². The smallest absolute Gasteiger partial charge is 0.341 e. The van der Waals surface area contributed by atoms with Crippen LogP contribution < -0.4 is 5.32 Å². The molecule has 1 aromatic carbocycles. The summed E-state index contributed by atoms with van der Waals surface area (Å²) in [5, 5.41) is 2.28. The molecule has 5 nitrogen and oxygen atoms in total. The molecule has 6 heteroatoms. The largest absolute Gasteiger partial charge is 0.421 e. The van der Waals surface area contributed by atoms with E-state index in [1.807, 2.05) is 0 Å². The van der Waals surface area contributed by atoms with E-state index in [1.54, 1.807) is 30.3 Å². The van der Waals surface area contributed by atoms with Crippen molar-refractivity contribution in [2.75, 3.05) is 6.54 Å². The average molecular weight is 224 g/mol. The molecule has 0 radical (unpaired) electrons. The first-order chi connectivity index (χ1) is 7.68. The zero-order valence-corrected chi connectivity index (χ0v) is 8.22. The van der Waals surface area contributed by atoms with Gasteiger partial charge in [-0.05, 0) is 12.1 Å². The minimum Gasteiger partial charge on any atom is -0.421 e. The van der Waals surface area contributed by atoms with Crippen LogP contribution in [0.1, 0.15) is 10.4 Å². The summed E-state index contributed by atoms with van der Waals surface area (Å²) >= 11 is 0. The van der Waals surface area contributed by atoms with Gasteiger partial charge >= 0.3 is 5.97 Å². The number of hydrogen-bond acceptors (Lipinski definition) is 4. The molecule has 1 aliphatic heterocycles. The van der Waals surface area contributed by atoms with Gasteiger partial charge in [0.15, 0.2) is 0 Å². The van der Waals surface area contributed by atoms with Gasteiger partial charge in [-0.2, -0.15) is 0 Å². The van der Waals surface area contributed by atoms with Crippen molar-refractivity contribution in [3.8, 4) is 0 Å². The van der Waals surface area contributed by atoms with Crippen LogP contribution in [0.15, 0.2) is 30.3 Å². The zero-order valence-electron chi connectivity index (χ0n) is 8.22. The number of ether oxygens (including phenoxy) is 1. The standard InChI is InChI=1S/C10H9FN2O3/c11-13-8(14)6-12-10(13)16-9(15)7-4-2-1-3-5-7/h1-5,10,12H,6H2. The Balaban J connectivity index is 2.01. The molecule has 0 spiro atoms. The van der Waals surface area contributed by atoms with Gasteiger partial charge in [0.05, 0.1) is 12.1 Å². The average Bonchev–Trinajstić information content (AvgIpc) is 2.62. The molecule has 0 aliphatic carbocycles. The van der Waals surface area contributed by atoms with Crippen molar-refractivity contribution in [2.24, 2.45) is 0 Å². The molecule has 1 unspecified atom stereocenters. The highest BCUT2D eigenvalue weighted by Gasteiger charge is 2.34. The molecule has 1 atom stereocenters. The first kappa shape index (κ1) is 10.6. The molecule has 0 saturated carbocycles. The van der Waals surface area contributed by atoms with E-state index < -0.39 is 18.2 Å². The van der Waals surface area contributed by atoms with E-state index in [0.29, 0.717) is 5.56 Å². The molecular weight excluding hydrogens is 215 g/mol. The molecule has 2 rings (SSSR count). The summed E-state index contributed by atoms with van der Waals surface area (Å²) in [6.45, 7) is -0.177. The third kappa shape index (κ3) is 2.01. The summed E-state index contributed by atoms with van der Waals surface area (Å²) in [6.07, 6.45) is -1.33. The highest BCUT2D eigenvalue weighted by molar-refractivity contribution is 5.89. The van der Waals surface area contributed by atoms with E-state index in [0.717, 1.165) is 0 Å². The second-order valence-corrected chi connectivity index (χ2v) is 3.21. The minimum absolute atomic E-state index is 0.138. The van der Waals surface area contributed by atoms with Crippen molar-refractivity contribution in [1.82, 2.24) is 10.4 Å². The van der Waals surface area contributed by atoms with E-state index in [-0.39, 0.29) is 11.7 Å². The van der Waals surface area contributed by atoms with Gasteiger partial charge in [-0.3, -0.25) is 10.1 Å². The Bertz CT molecular complexity index is 410. The molecule has 0 aromatic heterocycles. The number of benzene rings is 1. The van der Waals surface area contributed by atoms with Crippen LogP contribution in [0.3, 0.4) is 0 Å². The van der Waals surface area contributed by atoms with Crippen LogP contribution in [0.5, 0.6) is 0 Å². The molecule has 1 heterocycles. The van der Waals surface area contributed by atoms with Crippen molar-refractivity contribution >= 4 is 11.9 Å². The highest BCUT2D eigenvalue weighted by atomic mass is 19.2. The van der Waals surface area contributed by atoms with Crippen molar-refractivity contribution in [1.29, 1.82) is 0 Å². The molecular formula is C10H9FN2O3. The summed E-state index contributed by atoms with van der Waals surface area (Å²) < 4.78 is 17.8. The van der Waals surface area contributed by atoms with Crippen LogP contribution >= 0.6 is 0 Å². The molecule has 1 fully saturated rings. The van der Waals surface area contributed by atoms with Gasteiger partial charge in [0.25, 0.3) is 12.3 Å². The maximum absolute atomic E-state index is 13.0. The second-order valence-electron chi connectivity index (χ2n) is 3.21. The number of rotatable bonds is 2. The number of esters is 1. The topological polar surface area (TPSA) is 58.6 Å². The lowest BCUT2D eigenvalue weighted by Crippen LogP contribution is -2.36. The Hall–Kier alpha value is -1.95. The Morgan fingerprint density at radius 1 is 1.44 bits per heavy atom. The molecule has 1 amide bonds. The molecule has 1 N–H and O–H groups in total. The van der Waals surface area contributed by atoms with Crippen LogP contribution in [0.25, 0.3) is 0 Å². The fraction of sp³-hybridized carbons (Fsp3) is 0.200. The Morgan fingerprint density at radius 3 is 2.69 bits per heavy atom. The fourth-order valence-electron chi connectivity index (χ4n) is 1.29. The number of amides is 1. The lowest BCUT2D eigenvalue weighted by atomic mass is 10.2. The second kappa shape index (κ2) is 4.28. The van der Waals surface area contributed by atoms with Gasteiger partial charge in [-0.15, -0.1) is 5.12 Å². The lowest BCUT2D eigenvalue weighted by molar-refractivity contribution is -0.159. The molecule has 0 bridgehead atoms. The Labute approximate surface area is 90.7 Å². The number of nitrogens with one attached hydrogen (secondary N) is 1. The van der Waals surface area contributed by atoms with E-state index in [1.165, 1.54) is 0 Å². The number of carbonyl (C=O) groups excluding carboxylic acids is 2. The molecule has 84 valence electrons. The Kier molecular flexibility index (Phi) is 2.82. The first-order valence-corrected chi connectivity index (χ1v) is 4.66. The quantitative estimate of drug-likeness (QED) is 0.585. The number of nitrogens with zero attached hydrogens (tertiary/aromatic N) is 1. The lowest BCUT2D eigenvalue weighted by Gasteiger charge is -2.15. The predicted octanol–water partition coefficient (Wildman–Crippen LogP) is 0.443. The monoisotopic (exact) mass is 224 g/mol. The van der Waals surface area contributed by atoms with E-state index in [9.17, 15) is 14.1 Å². The summed E-state index contributed by atoms with van der Waals surface area (Å²) in [4.78, 5) is 22.3. The van der Waals surface area contributed by atoms with E-state index in [4.69, 9.17) is 4.74 Å². The summed E-state index contributed by atoms with van der Waals surface area (Å²) in [6, 6.07) is 8.16. The number of hydrogen-bond donors (Lipinski definition) is 1. The van der Waals surface area contributed by atoms with Gasteiger partial charge in [-0.25, -0.2) is 4.79 Å². The van der Waals surface area contributed by atoms with Crippen LogP contribution in [0.2, 0.25) is 0 Å². The van der Waals surface area contributed by atoms with Crippen molar-refractivity contribution in [3.05, 3.63) is 35.9 Å². The normalized spacial score (nSPS) is 19.9. The molecule has 16 heavy (non-hydrogen) atoms. The molecule has 1 saturated heterocycles. The number of halogens is 1. The van der Waals surface area contributed by atoms with Gasteiger partial charge in [0.2, 0.25) is 0 Å². The third-order valence-corrected chi connectivity index (χ3v) is 2.10. The maximum Gasteiger partial charge on any atom is 0.341 e. The highest BCUT2D eigenvalue weighted by Crippen LogP contribution is 2.10. The minimum atomic E-state index is -1.33. The van der Waals surface area contributed by atoms with Crippen LogP contribution in [0, 0.1) is 0 Å². The first-order valence-electron chi connectivity index (χ1n) is 4.66. The van der Waals surface area contributed by atoms with Crippen molar-refractivity contribution in [3.63, 3.8) is 0 Å². The third-order valence-electron chi connectivity index (χ3n) is 2.10. The summed E-state index contributed by atoms with van der Waals surface area (Å²) in [5.74, 6) is -1.44. The Morgan fingerprint density at radius 2 is 2.12 bits per heavy atom. The summed E-state index contributed by atoms with van der Waals surface area (Å²) in [7, 11) is 0. The molecule has 1 aromatic rings. The van der Waals surface area contributed by atoms with Gasteiger partial charge in [-0.1, -0.05) is 22.7 Å². The predicted molar refractivity (Wildman–Crippen MR) is 51.6 cm³/mol. The zero-order chi connectivity index (χ0) is 11.5. The van der Waals surface area contributed by atoms with Crippen LogP contribution in [0.4, 0.5) is 4.48 Å². The fourth-order valence-corrected chi connectivity index (χ4v) is 1.29. The SMILES string of the molecule is O=C(OC1NCC(=O)N1F)c1ccccc1. The van der Waals surface area contributed by atoms with Crippen molar-refractivity contribution < 1.29 is 18.8 Å². The maximum atomic E-state index is 13.0. The van der Waals surface area contributed by atoms with E-state index >= 15 is 0 Å². The molecule has 1 aliphatic rings. The van der Waals surface area contributed by atoms with E-state index in [2.05, 4.69) is 5.32 Å². The summed E-state index contributed by atoms with van der Waals surface area (Å²) in [5.41, 5.74) is 0.303.